The first-order valence-corrected chi connectivity index (χ1v) is 8.81. The second-order valence-electron chi connectivity index (χ2n) is 6.81. The van der Waals surface area contributed by atoms with Gasteiger partial charge in [0, 0.05) is 19.3 Å². The first-order valence-electron chi connectivity index (χ1n) is 8.43. The van der Waals surface area contributed by atoms with Gasteiger partial charge in [-0.1, -0.05) is 24.9 Å². The van der Waals surface area contributed by atoms with Crippen LogP contribution in [0.5, 0.6) is 0 Å². The summed E-state index contributed by atoms with van der Waals surface area (Å²) in [6.45, 7) is 3.64. The lowest BCUT2D eigenvalue weighted by molar-refractivity contribution is -0.135. The second kappa shape index (κ2) is 6.59. The molecule has 1 saturated carbocycles. The number of aromatic nitrogens is 1. The number of amides is 2. The molecule has 130 valence electrons. The zero-order valence-corrected chi connectivity index (χ0v) is 14.6. The van der Waals surface area contributed by atoms with Gasteiger partial charge in [-0.3, -0.25) is 9.59 Å². The van der Waals surface area contributed by atoms with Gasteiger partial charge in [-0.15, -0.1) is 0 Å². The Labute approximate surface area is 146 Å². The SMILES string of the molecule is CCC[C@H]1CN(c2ccc(Cl)cn2)C[C@@H]1NC(=O)C1(C(N)=O)CC1. The maximum atomic E-state index is 12.5. The Balaban J connectivity index is 1.70. The highest BCUT2D eigenvalue weighted by Crippen LogP contribution is 2.45. The van der Waals surface area contributed by atoms with Gasteiger partial charge in [-0.2, -0.15) is 0 Å². The van der Waals surface area contributed by atoms with Crippen molar-refractivity contribution in [2.24, 2.45) is 17.1 Å². The summed E-state index contributed by atoms with van der Waals surface area (Å²) >= 11 is 5.90. The van der Waals surface area contributed by atoms with Gasteiger partial charge in [0.15, 0.2) is 0 Å². The van der Waals surface area contributed by atoms with E-state index in [1.54, 1.807) is 6.20 Å². The zero-order chi connectivity index (χ0) is 17.3. The van der Waals surface area contributed by atoms with Crippen LogP contribution in [0.2, 0.25) is 5.02 Å². The van der Waals surface area contributed by atoms with Gasteiger partial charge in [0.05, 0.1) is 11.1 Å². The molecule has 0 spiro atoms. The first-order chi connectivity index (χ1) is 11.5. The molecule has 1 aromatic heterocycles. The van der Waals surface area contributed by atoms with E-state index in [0.29, 0.717) is 30.3 Å². The Hall–Kier alpha value is -1.82. The van der Waals surface area contributed by atoms with E-state index in [4.69, 9.17) is 17.3 Å². The van der Waals surface area contributed by atoms with Crippen molar-refractivity contribution >= 4 is 29.2 Å². The molecule has 0 bridgehead atoms. The number of hydrogen-bond donors (Lipinski definition) is 2. The third-order valence-electron chi connectivity index (χ3n) is 5.11. The van der Waals surface area contributed by atoms with Crippen LogP contribution in [-0.2, 0) is 9.59 Å². The van der Waals surface area contributed by atoms with Gasteiger partial charge in [-0.05, 0) is 37.3 Å². The minimum atomic E-state index is -0.970. The van der Waals surface area contributed by atoms with E-state index < -0.39 is 11.3 Å². The van der Waals surface area contributed by atoms with Crippen LogP contribution in [-0.4, -0.2) is 35.9 Å². The monoisotopic (exact) mass is 350 g/mol. The fourth-order valence-electron chi connectivity index (χ4n) is 3.46. The van der Waals surface area contributed by atoms with Gasteiger partial charge in [-0.25, -0.2) is 4.98 Å². The van der Waals surface area contributed by atoms with E-state index in [1.807, 2.05) is 12.1 Å². The molecule has 1 saturated heterocycles. The molecule has 1 aromatic rings. The molecule has 2 aliphatic rings. The van der Waals surface area contributed by atoms with Crippen LogP contribution >= 0.6 is 11.6 Å². The highest BCUT2D eigenvalue weighted by molar-refractivity contribution is 6.30. The Morgan fingerprint density at radius 3 is 2.71 bits per heavy atom. The number of carbonyl (C=O) groups is 2. The molecule has 1 aliphatic heterocycles. The van der Waals surface area contributed by atoms with Crippen molar-refractivity contribution in [2.75, 3.05) is 18.0 Å². The summed E-state index contributed by atoms with van der Waals surface area (Å²) in [6.07, 6.45) is 4.80. The van der Waals surface area contributed by atoms with Crippen LogP contribution < -0.4 is 16.0 Å². The number of primary amides is 1. The van der Waals surface area contributed by atoms with Crippen LogP contribution in [0.1, 0.15) is 32.6 Å². The van der Waals surface area contributed by atoms with Gasteiger partial charge in [0.25, 0.3) is 0 Å². The van der Waals surface area contributed by atoms with Crippen LogP contribution in [0.3, 0.4) is 0 Å². The molecule has 7 heteroatoms. The molecule has 6 nitrogen and oxygen atoms in total. The number of nitrogens with zero attached hydrogens (tertiary/aromatic N) is 2. The minimum Gasteiger partial charge on any atom is -0.369 e. The smallest absolute Gasteiger partial charge is 0.235 e. The van der Waals surface area contributed by atoms with E-state index in [9.17, 15) is 9.59 Å². The molecule has 2 atom stereocenters. The third kappa shape index (κ3) is 3.20. The van der Waals surface area contributed by atoms with E-state index in [2.05, 4.69) is 22.1 Å². The number of anilines is 1. The highest BCUT2D eigenvalue weighted by atomic mass is 35.5. The Morgan fingerprint density at radius 1 is 1.42 bits per heavy atom. The lowest BCUT2D eigenvalue weighted by Crippen LogP contribution is -2.47. The average Bonchev–Trinajstić information content (AvgIpc) is 3.28. The average molecular weight is 351 g/mol. The number of nitrogens with one attached hydrogen (secondary N) is 1. The van der Waals surface area contributed by atoms with E-state index in [-0.39, 0.29) is 11.9 Å². The Kier molecular flexibility index (Phi) is 4.67. The quantitative estimate of drug-likeness (QED) is 0.764. The molecule has 2 heterocycles. The molecule has 24 heavy (non-hydrogen) atoms. The number of rotatable bonds is 6. The molecule has 1 aliphatic carbocycles. The van der Waals surface area contributed by atoms with Crippen LogP contribution in [0.25, 0.3) is 0 Å². The summed E-state index contributed by atoms with van der Waals surface area (Å²) in [5.41, 5.74) is 4.43. The standard InChI is InChI=1S/C17H23ClN4O2/c1-2-3-11-9-22(14-5-4-12(18)8-20-14)10-13(11)21-16(24)17(6-7-17)15(19)23/h4-5,8,11,13H,2-3,6-7,9-10H2,1H3,(H2,19,23)(H,21,24)/t11-,13-/m0/s1. The fourth-order valence-corrected chi connectivity index (χ4v) is 3.57. The Bertz CT molecular complexity index is 630. The van der Waals surface area contributed by atoms with Crippen LogP contribution in [0.4, 0.5) is 5.82 Å². The van der Waals surface area contributed by atoms with Crippen molar-refractivity contribution in [2.45, 2.75) is 38.6 Å². The second-order valence-corrected chi connectivity index (χ2v) is 7.25. The van der Waals surface area contributed by atoms with Gasteiger partial charge in [0.1, 0.15) is 11.2 Å². The zero-order valence-electron chi connectivity index (χ0n) is 13.8. The topological polar surface area (TPSA) is 88.3 Å². The molecule has 0 radical (unpaired) electrons. The molecule has 0 unspecified atom stereocenters. The maximum Gasteiger partial charge on any atom is 0.235 e. The summed E-state index contributed by atoms with van der Waals surface area (Å²) in [5.74, 6) is 0.460. The summed E-state index contributed by atoms with van der Waals surface area (Å²) in [5, 5.41) is 3.68. The molecule has 0 aromatic carbocycles. The Morgan fingerprint density at radius 2 is 2.17 bits per heavy atom. The summed E-state index contributed by atoms with van der Waals surface area (Å²) in [6, 6.07) is 3.71. The van der Waals surface area contributed by atoms with E-state index in [1.165, 1.54) is 0 Å². The number of hydrogen-bond acceptors (Lipinski definition) is 4. The number of carbonyl (C=O) groups excluding carboxylic acids is 2. The number of pyridine rings is 1. The third-order valence-corrected chi connectivity index (χ3v) is 5.33. The summed E-state index contributed by atoms with van der Waals surface area (Å²) in [4.78, 5) is 30.6. The van der Waals surface area contributed by atoms with Crippen LogP contribution in [0.15, 0.2) is 18.3 Å². The maximum absolute atomic E-state index is 12.5. The van der Waals surface area contributed by atoms with Crippen molar-refractivity contribution in [3.63, 3.8) is 0 Å². The molecule has 2 amide bonds. The van der Waals surface area contributed by atoms with Crippen molar-refractivity contribution in [1.29, 1.82) is 0 Å². The molecule has 3 N–H and O–H groups in total. The predicted octanol–water partition coefficient (Wildman–Crippen LogP) is 1.72. The normalized spacial score (nSPS) is 24.7. The predicted molar refractivity (Wildman–Crippen MR) is 92.7 cm³/mol. The summed E-state index contributed by atoms with van der Waals surface area (Å²) in [7, 11) is 0. The van der Waals surface area contributed by atoms with Gasteiger partial charge < -0.3 is 16.0 Å². The van der Waals surface area contributed by atoms with Crippen LogP contribution in [0, 0.1) is 11.3 Å². The lowest BCUT2D eigenvalue weighted by atomic mass is 9.96. The first kappa shape index (κ1) is 17.0. The van der Waals surface area contributed by atoms with Gasteiger partial charge >= 0.3 is 0 Å². The molecule has 3 rings (SSSR count). The van der Waals surface area contributed by atoms with Gasteiger partial charge in [0.2, 0.25) is 11.8 Å². The fraction of sp³-hybridized carbons (Fsp3) is 0.588. The van der Waals surface area contributed by atoms with E-state index in [0.717, 1.165) is 25.2 Å². The lowest BCUT2D eigenvalue weighted by Gasteiger charge is -2.21. The largest absolute Gasteiger partial charge is 0.369 e. The van der Waals surface area contributed by atoms with Crippen molar-refractivity contribution < 1.29 is 9.59 Å². The molecular weight excluding hydrogens is 328 g/mol. The minimum absolute atomic E-state index is 0.00625. The molecular formula is C17H23ClN4O2. The number of nitrogens with two attached hydrogens (primary N) is 1. The summed E-state index contributed by atoms with van der Waals surface area (Å²) < 4.78 is 0. The van der Waals surface area contributed by atoms with Crippen molar-refractivity contribution in [1.82, 2.24) is 10.3 Å². The van der Waals surface area contributed by atoms with Crippen molar-refractivity contribution in [3.8, 4) is 0 Å². The highest BCUT2D eigenvalue weighted by Gasteiger charge is 2.56. The molecule has 2 fully saturated rings. The van der Waals surface area contributed by atoms with E-state index >= 15 is 0 Å². The van der Waals surface area contributed by atoms with Crippen molar-refractivity contribution in [3.05, 3.63) is 23.4 Å². The number of halogens is 1.